The lowest BCUT2D eigenvalue weighted by Crippen LogP contribution is -2.48. The van der Waals surface area contributed by atoms with Gasteiger partial charge in [-0.1, -0.05) is 6.07 Å². The largest absolute Gasteiger partial charge is 0.494 e. The lowest BCUT2D eigenvalue weighted by Gasteiger charge is -2.39. The first-order valence-corrected chi connectivity index (χ1v) is 12.0. The molecule has 0 spiro atoms. The number of rotatable bonds is 4. The van der Waals surface area contributed by atoms with Gasteiger partial charge in [0, 0.05) is 36.1 Å². The van der Waals surface area contributed by atoms with Gasteiger partial charge in [0.1, 0.15) is 11.7 Å². The molecule has 2 aliphatic rings. The molecular formula is C27H23F3N6O. The number of hydrogen-bond acceptors (Lipinski definition) is 6. The predicted octanol–water partition coefficient (Wildman–Crippen LogP) is 4.82. The van der Waals surface area contributed by atoms with Gasteiger partial charge in [0.05, 0.1) is 23.9 Å². The Morgan fingerprint density at radius 2 is 1.84 bits per heavy atom. The lowest BCUT2D eigenvalue weighted by atomic mass is 9.97. The van der Waals surface area contributed by atoms with Gasteiger partial charge < -0.3 is 15.4 Å². The Labute approximate surface area is 210 Å². The third-order valence-corrected chi connectivity index (χ3v) is 7.43. The van der Waals surface area contributed by atoms with Crippen LogP contribution in [-0.2, 0) is 0 Å². The van der Waals surface area contributed by atoms with Crippen molar-refractivity contribution in [1.82, 2.24) is 14.4 Å². The molecular weight excluding hydrogens is 481 g/mol. The molecule has 10 heteroatoms. The van der Waals surface area contributed by atoms with Crippen molar-refractivity contribution in [2.75, 3.05) is 12.0 Å². The number of nitrogens with zero attached hydrogens (tertiary/aromatic N) is 5. The minimum atomic E-state index is -1.26. The molecule has 188 valence electrons. The van der Waals surface area contributed by atoms with E-state index in [2.05, 4.69) is 9.88 Å². The van der Waals surface area contributed by atoms with Crippen LogP contribution in [0.4, 0.5) is 19.1 Å². The SMILES string of the molecule is COc1ccc(-c2c(-c3ccc(C#N)c(F)c3F)nc(N3C4CC[C@@H]3CC(N)C4)n3ccnc23)cc1F. The Morgan fingerprint density at radius 1 is 1.08 bits per heavy atom. The average Bonchev–Trinajstić information content (AvgIpc) is 3.47. The number of piperidine rings is 1. The maximum Gasteiger partial charge on any atom is 0.212 e. The highest BCUT2D eigenvalue weighted by Gasteiger charge is 2.42. The van der Waals surface area contributed by atoms with Gasteiger partial charge in [0.25, 0.3) is 0 Å². The molecule has 7 nitrogen and oxygen atoms in total. The number of fused-ring (bicyclic) bond motifs is 3. The molecule has 2 unspecified atom stereocenters. The molecule has 0 saturated carbocycles. The summed E-state index contributed by atoms with van der Waals surface area (Å²) in [5.74, 6) is -2.49. The van der Waals surface area contributed by atoms with Crippen LogP contribution in [0.25, 0.3) is 28.0 Å². The van der Waals surface area contributed by atoms with E-state index >= 15 is 4.39 Å². The molecule has 2 aromatic heterocycles. The van der Waals surface area contributed by atoms with Crippen molar-refractivity contribution in [3.63, 3.8) is 0 Å². The van der Waals surface area contributed by atoms with E-state index in [4.69, 9.17) is 15.5 Å². The molecule has 2 N–H and O–H groups in total. The Morgan fingerprint density at radius 3 is 2.51 bits per heavy atom. The average molecular weight is 505 g/mol. The van der Waals surface area contributed by atoms with Crippen molar-refractivity contribution >= 4 is 11.6 Å². The highest BCUT2D eigenvalue weighted by Crippen LogP contribution is 2.43. The Kier molecular flexibility index (Phi) is 5.53. The van der Waals surface area contributed by atoms with Crippen LogP contribution in [0.1, 0.15) is 31.2 Å². The molecule has 2 fully saturated rings. The maximum absolute atomic E-state index is 15.4. The van der Waals surface area contributed by atoms with Crippen LogP contribution in [-0.4, -0.2) is 39.6 Å². The number of imidazole rings is 1. The van der Waals surface area contributed by atoms with Gasteiger partial charge in [-0.25, -0.2) is 23.1 Å². The van der Waals surface area contributed by atoms with Gasteiger partial charge in [-0.05, 0) is 55.5 Å². The second-order valence-corrected chi connectivity index (χ2v) is 9.53. The van der Waals surface area contributed by atoms with E-state index in [1.807, 2.05) is 0 Å². The second-order valence-electron chi connectivity index (χ2n) is 9.53. The molecule has 3 atom stereocenters. The number of hydrogen-bond donors (Lipinski definition) is 1. The van der Waals surface area contributed by atoms with Gasteiger partial charge in [0.15, 0.2) is 23.2 Å². The van der Waals surface area contributed by atoms with Gasteiger partial charge in [-0.2, -0.15) is 5.26 Å². The third kappa shape index (κ3) is 3.61. The summed E-state index contributed by atoms with van der Waals surface area (Å²) in [5, 5.41) is 9.18. The lowest BCUT2D eigenvalue weighted by molar-refractivity contribution is 0.386. The van der Waals surface area contributed by atoms with E-state index in [0.717, 1.165) is 25.7 Å². The fourth-order valence-corrected chi connectivity index (χ4v) is 5.79. The van der Waals surface area contributed by atoms with E-state index < -0.39 is 23.0 Å². The van der Waals surface area contributed by atoms with Crippen LogP contribution in [0.5, 0.6) is 5.75 Å². The number of halogens is 3. The summed E-state index contributed by atoms with van der Waals surface area (Å²) in [5.41, 5.74) is 6.95. The van der Waals surface area contributed by atoms with Crippen molar-refractivity contribution in [2.45, 2.75) is 43.8 Å². The first-order chi connectivity index (χ1) is 17.9. The normalized spacial score (nSPS) is 20.9. The molecule has 6 rings (SSSR count). The van der Waals surface area contributed by atoms with Crippen LogP contribution in [0, 0.1) is 28.8 Å². The van der Waals surface area contributed by atoms with Crippen LogP contribution in [0.2, 0.25) is 0 Å². The molecule has 2 saturated heterocycles. The Bertz CT molecular complexity index is 1560. The summed E-state index contributed by atoms with van der Waals surface area (Å²) in [6.45, 7) is 0. The fourth-order valence-electron chi connectivity index (χ4n) is 5.79. The molecule has 2 aromatic carbocycles. The summed E-state index contributed by atoms with van der Waals surface area (Å²) >= 11 is 0. The zero-order chi connectivity index (χ0) is 25.8. The number of nitrogens with two attached hydrogens (primary N) is 1. The standard InChI is InChI=1S/C27H23F3N6O/c1-37-21-7-3-14(10-20(21)28)22-25(19-6-2-15(13-31)23(29)24(19)30)34-27(35-9-8-33-26(22)35)36-17-4-5-18(36)12-16(32)11-17/h2-3,6-10,16-18H,4-5,11-12,32H2,1H3/t16?,17-,18?/m1/s1. The highest BCUT2D eigenvalue weighted by molar-refractivity contribution is 5.91. The monoisotopic (exact) mass is 504 g/mol. The van der Waals surface area contributed by atoms with Crippen LogP contribution < -0.4 is 15.4 Å². The first kappa shape index (κ1) is 23.3. The van der Waals surface area contributed by atoms with Crippen molar-refractivity contribution in [1.29, 1.82) is 5.26 Å². The second kappa shape index (κ2) is 8.78. The van der Waals surface area contributed by atoms with Crippen LogP contribution in [0.15, 0.2) is 42.7 Å². The molecule has 0 amide bonds. The van der Waals surface area contributed by atoms with E-state index in [0.29, 0.717) is 22.7 Å². The van der Waals surface area contributed by atoms with E-state index in [1.165, 1.54) is 31.4 Å². The molecule has 0 aliphatic carbocycles. The minimum Gasteiger partial charge on any atom is -0.494 e. The van der Waals surface area contributed by atoms with Gasteiger partial charge in [-0.15, -0.1) is 0 Å². The number of benzene rings is 2. The predicted molar refractivity (Wildman–Crippen MR) is 131 cm³/mol. The van der Waals surface area contributed by atoms with Crippen molar-refractivity contribution < 1.29 is 17.9 Å². The van der Waals surface area contributed by atoms with E-state index in [9.17, 15) is 14.0 Å². The molecule has 4 aromatic rings. The molecule has 0 radical (unpaired) electrons. The summed E-state index contributed by atoms with van der Waals surface area (Å²) in [7, 11) is 1.36. The zero-order valence-electron chi connectivity index (χ0n) is 20.0. The summed E-state index contributed by atoms with van der Waals surface area (Å²) in [6.07, 6.45) is 6.87. The molecule has 2 aliphatic heterocycles. The zero-order valence-corrected chi connectivity index (χ0v) is 20.0. The van der Waals surface area contributed by atoms with Crippen LogP contribution in [0.3, 0.4) is 0 Å². The third-order valence-electron chi connectivity index (χ3n) is 7.43. The molecule has 37 heavy (non-hydrogen) atoms. The van der Waals surface area contributed by atoms with Crippen molar-refractivity contribution in [3.8, 4) is 34.2 Å². The number of nitriles is 1. The Balaban J connectivity index is 1.65. The van der Waals surface area contributed by atoms with Gasteiger partial charge in [-0.3, -0.25) is 4.40 Å². The summed E-state index contributed by atoms with van der Waals surface area (Å²) in [6, 6.07) is 8.96. The number of ether oxygens (including phenoxy) is 1. The van der Waals surface area contributed by atoms with Gasteiger partial charge >= 0.3 is 0 Å². The van der Waals surface area contributed by atoms with Crippen LogP contribution >= 0.6 is 0 Å². The van der Waals surface area contributed by atoms with E-state index in [1.54, 1.807) is 28.9 Å². The molecule has 4 heterocycles. The summed E-state index contributed by atoms with van der Waals surface area (Å²) < 4.78 is 51.9. The maximum atomic E-state index is 15.4. The quantitative estimate of drug-likeness (QED) is 0.429. The Hall–Kier alpha value is -4.10. The fraction of sp³-hybridized carbons (Fsp3) is 0.296. The summed E-state index contributed by atoms with van der Waals surface area (Å²) in [4.78, 5) is 11.6. The highest BCUT2D eigenvalue weighted by atomic mass is 19.2. The van der Waals surface area contributed by atoms with Crippen molar-refractivity contribution in [2.24, 2.45) is 5.73 Å². The van der Waals surface area contributed by atoms with Crippen molar-refractivity contribution in [3.05, 3.63) is 65.7 Å². The van der Waals surface area contributed by atoms with E-state index in [-0.39, 0.29) is 35.1 Å². The number of aromatic nitrogens is 3. The minimum absolute atomic E-state index is 0.0473. The number of anilines is 1. The smallest absolute Gasteiger partial charge is 0.212 e. The number of methoxy groups -OCH3 is 1. The van der Waals surface area contributed by atoms with Gasteiger partial charge in [0.2, 0.25) is 5.95 Å². The topological polar surface area (TPSA) is 92.5 Å². The first-order valence-electron chi connectivity index (χ1n) is 12.0. The molecule has 2 bridgehead atoms.